The average molecular weight is 411 g/mol. The Morgan fingerprint density at radius 3 is 2.59 bits per heavy atom. The van der Waals surface area contributed by atoms with Gasteiger partial charge in [-0.25, -0.2) is 4.68 Å². The summed E-state index contributed by atoms with van der Waals surface area (Å²) in [6.45, 7) is 6.11. The molecular weight excluding hydrogens is 387 g/mol. The van der Waals surface area contributed by atoms with Crippen molar-refractivity contribution in [3.63, 3.8) is 0 Å². The number of anilines is 1. The fraction of sp³-hybridized carbons (Fsp3) is 0.389. The maximum atomic E-state index is 12.5. The van der Waals surface area contributed by atoms with E-state index >= 15 is 0 Å². The number of halogens is 2. The van der Waals surface area contributed by atoms with Crippen LogP contribution in [-0.2, 0) is 0 Å². The summed E-state index contributed by atoms with van der Waals surface area (Å²) >= 11 is 6.07. The highest BCUT2D eigenvalue weighted by molar-refractivity contribution is 6.30. The van der Waals surface area contributed by atoms with E-state index in [1.807, 2.05) is 18.2 Å². The molecule has 2 heterocycles. The number of carbonyl (C=O) groups is 1. The lowest BCUT2D eigenvalue weighted by Crippen LogP contribution is -2.46. The van der Waals surface area contributed by atoms with Gasteiger partial charge in [-0.15, -0.1) is 12.4 Å². The minimum Gasteiger partial charge on any atom is -0.369 e. The van der Waals surface area contributed by atoms with Crippen LogP contribution in [0.2, 0.25) is 5.02 Å². The van der Waals surface area contributed by atoms with Gasteiger partial charge in [-0.2, -0.15) is 5.10 Å². The van der Waals surface area contributed by atoms with Crippen LogP contribution >= 0.6 is 24.0 Å². The second-order valence-corrected chi connectivity index (χ2v) is 6.86. The summed E-state index contributed by atoms with van der Waals surface area (Å²) in [6, 6.07) is 7.89. The lowest BCUT2D eigenvalue weighted by molar-refractivity contribution is 0.0962. The minimum absolute atomic E-state index is 0. The van der Waals surface area contributed by atoms with Crippen molar-refractivity contribution in [2.75, 3.05) is 37.6 Å². The molecule has 1 aromatic heterocycles. The van der Waals surface area contributed by atoms with E-state index in [1.165, 1.54) is 10.9 Å². The fourth-order valence-electron chi connectivity index (χ4n) is 3.22. The number of hydrogen-bond donors (Lipinski definition) is 2. The molecule has 0 unspecified atom stereocenters. The molecule has 0 bridgehead atoms. The Hall–Kier alpha value is -2.09. The van der Waals surface area contributed by atoms with Crippen LogP contribution in [-0.4, -0.2) is 59.1 Å². The summed E-state index contributed by atoms with van der Waals surface area (Å²) in [6.07, 6.45) is 1.93. The van der Waals surface area contributed by atoms with E-state index in [9.17, 15) is 4.79 Å². The molecule has 0 saturated carbocycles. The third-order valence-electron chi connectivity index (χ3n) is 4.74. The van der Waals surface area contributed by atoms with Crippen LogP contribution in [0, 0.1) is 12.3 Å². The standard InChI is InChI=1S/C18H23ClN6O.ClH/c1-13-16(12-22-25(13)18(20)21)17(26)5-6-23-7-9-24(10-8-23)15-4-2-3-14(19)11-15;/h2-4,11-12H,5-10H2,1H3,(H3,20,21);1H. The second kappa shape index (κ2) is 9.21. The fourth-order valence-corrected chi connectivity index (χ4v) is 3.41. The number of rotatable bonds is 5. The summed E-state index contributed by atoms with van der Waals surface area (Å²) < 4.78 is 1.27. The maximum absolute atomic E-state index is 12.5. The van der Waals surface area contributed by atoms with Gasteiger partial charge in [0.25, 0.3) is 0 Å². The zero-order valence-corrected chi connectivity index (χ0v) is 16.8. The second-order valence-electron chi connectivity index (χ2n) is 6.42. The third-order valence-corrected chi connectivity index (χ3v) is 4.97. The Morgan fingerprint density at radius 1 is 1.30 bits per heavy atom. The summed E-state index contributed by atoms with van der Waals surface area (Å²) in [5.41, 5.74) is 7.74. The molecule has 1 saturated heterocycles. The van der Waals surface area contributed by atoms with Crippen LogP contribution in [0.4, 0.5) is 5.69 Å². The molecule has 0 aliphatic carbocycles. The molecule has 9 heteroatoms. The normalized spacial score (nSPS) is 14.7. The first-order valence-electron chi connectivity index (χ1n) is 8.61. The molecule has 0 spiro atoms. The minimum atomic E-state index is -0.182. The number of hydrogen-bond acceptors (Lipinski definition) is 5. The lowest BCUT2D eigenvalue weighted by Gasteiger charge is -2.36. The Morgan fingerprint density at radius 2 is 2.00 bits per heavy atom. The number of nitrogen functional groups attached to an aromatic ring is 1. The molecule has 27 heavy (non-hydrogen) atoms. The van der Waals surface area contributed by atoms with Crippen LogP contribution in [0.25, 0.3) is 0 Å². The zero-order valence-electron chi connectivity index (χ0n) is 15.2. The number of ketones is 1. The summed E-state index contributed by atoms with van der Waals surface area (Å²) in [5.74, 6) is -0.147. The van der Waals surface area contributed by atoms with Gasteiger partial charge >= 0.3 is 0 Å². The predicted octanol–water partition coefficient (Wildman–Crippen LogP) is 2.40. The molecule has 0 radical (unpaired) electrons. The van der Waals surface area contributed by atoms with Crippen molar-refractivity contribution in [2.24, 2.45) is 5.73 Å². The molecule has 1 aromatic carbocycles. The van der Waals surface area contributed by atoms with Crippen molar-refractivity contribution < 1.29 is 4.79 Å². The van der Waals surface area contributed by atoms with Gasteiger partial charge in [-0.05, 0) is 25.1 Å². The van der Waals surface area contributed by atoms with E-state index in [-0.39, 0.29) is 24.1 Å². The molecule has 2 aromatic rings. The predicted molar refractivity (Wildman–Crippen MR) is 111 cm³/mol. The van der Waals surface area contributed by atoms with Gasteiger partial charge in [0, 0.05) is 49.9 Å². The summed E-state index contributed by atoms with van der Waals surface area (Å²) in [5, 5.41) is 12.2. The molecule has 0 amide bonds. The molecule has 146 valence electrons. The van der Waals surface area contributed by atoms with E-state index in [1.54, 1.807) is 6.92 Å². The van der Waals surface area contributed by atoms with E-state index < -0.39 is 0 Å². The van der Waals surface area contributed by atoms with Crippen molar-refractivity contribution in [3.05, 3.63) is 46.7 Å². The highest BCUT2D eigenvalue weighted by Crippen LogP contribution is 2.21. The number of nitrogens with one attached hydrogen (secondary N) is 1. The summed E-state index contributed by atoms with van der Waals surface area (Å²) in [4.78, 5) is 17.1. The van der Waals surface area contributed by atoms with E-state index in [4.69, 9.17) is 22.7 Å². The van der Waals surface area contributed by atoms with Crippen molar-refractivity contribution in [1.82, 2.24) is 14.7 Å². The van der Waals surface area contributed by atoms with Crippen LogP contribution < -0.4 is 10.6 Å². The van der Waals surface area contributed by atoms with Crippen molar-refractivity contribution in [3.8, 4) is 0 Å². The largest absolute Gasteiger partial charge is 0.369 e. The number of nitrogens with zero attached hydrogens (tertiary/aromatic N) is 4. The van der Waals surface area contributed by atoms with E-state index in [0.29, 0.717) is 24.2 Å². The molecule has 1 fully saturated rings. The van der Waals surface area contributed by atoms with Crippen LogP contribution in [0.15, 0.2) is 30.5 Å². The van der Waals surface area contributed by atoms with Gasteiger partial charge in [0.2, 0.25) is 5.96 Å². The topological polar surface area (TPSA) is 91.2 Å². The Kier molecular flexibility index (Phi) is 7.24. The maximum Gasteiger partial charge on any atom is 0.213 e. The van der Waals surface area contributed by atoms with Crippen molar-refractivity contribution in [1.29, 1.82) is 5.41 Å². The molecule has 0 atom stereocenters. The van der Waals surface area contributed by atoms with Gasteiger partial charge in [0.15, 0.2) is 5.78 Å². The lowest BCUT2D eigenvalue weighted by atomic mass is 10.1. The van der Waals surface area contributed by atoms with E-state index in [0.717, 1.165) is 36.9 Å². The molecule has 7 nitrogen and oxygen atoms in total. The van der Waals surface area contributed by atoms with Gasteiger partial charge in [-0.3, -0.25) is 15.1 Å². The number of aromatic nitrogens is 2. The first-order valence-corrected chi connectivity index (χ1v) is 8.98. The first-order chi connectivity index (χ1) is 12.5. The molecule has 1 aliphatic heterocycles. The molecule has 1 aliphatic rings. The van der Waals surface area contributed by atoms with Gasteiger partial charge < -0.3 is 10.6 Å². The number of benzene rings is 1. The Labute approximate surface area is 170 Å². The number of Topliss-reactive ketones (excluding diaryl/α,β-unsaturated/α-hetero) is 1. The number of carbonyl (C=O) groups excluding carboxylic acids is 1. The Bertz CT molecular complexity index is 814. The third kappa shape index (κ3) is 5.00. The van der Waals surface area contributed by atoms with Crippen molar-refractivity contribution >= 4 is 41.4 Å². The van der Waals surface area contributed by atoms with E-state index in [2.05, 4.69) is 21.0 Å². The monoisotopic (exact) mass is 410 g/mol. The SMILES string of the molecule is Cc1c(C(=O)CCN2CCN(c3cccc(Cl)c3)CC2)cnn1C(=N)N.Cl. The molecule has 3 rings (SSSR count). The van der Waals surface area contributed by atoms with Gasteiger partial charge in [0.1, 0.15) is 0 Å². The number of piperazine rings is 1. The summed E-state index contributed by atoms with van der Waals surface area (Å²) in [7, 11) is 0. The first kappa shape index (κ1) is 21.2. The van der Waals surface area contributed by atoms with Gasteiger partial charge in [-0.1, -0.05) is 17.7 Å². The van der Waals surface area contributed by atoms with Crippen LogP contribution in [0.5, 0.6) is 0 Å². The highest BCUT2D eigenvalue weighted by Gasteiger charge is 2.20. The Balaban J connectivity index is 0.00000261. The van der Waals surface area contributed by atoms with Crippen LogP contribution in [0.3, 0.4) is 0 Å². The van der Waals surface area contributed by atoms with Crippen molar-refractivity contribution in [2.45, 2.75) is 13.3 Å². The number of nitrogens with two attached hydrogens (primary N) is 1. The molecular formula is C18H24Cl2N6O. The quantitative estimate of drug-likeness (QED) is 0.448. The average Bonchev–Trinajstić information content (AvgIpc) is 3.02. The van der Waals surface area contributed by atoms with Crippen LogP contribution in [0.1, 0.15) is 22.5 Å². The van der Waals surface area contributed by atoms with Gasteiger partial charge in [0.05, 0.1) is 17.5 Å². The zero-order chi connectivity index (χ0) is 18.7. The highest BCUT2D eigenvalue weighted by atomic mass is 35.5. The smallest absolute Gasteiger partial charge is 0.213 e. The molecule has 3 N–H and O–H groups in total.